The van der Waals surface area contributed by atoms with E-state index in [-0.39, 0.29) is 0 Å². The van der Waals surface area contributed by atoms with Crippen LogP contribution in [0.1, 0.15) is 6.92 Å². The molecule has 1 unspecified atom stereocenters. The Morgan fingerprint density at radius 1 is 1.00 bits per heavy atom. The van der Waals surface area contributed by atoms with Gasteiger partial charge >= 0.3 is 7.60 Å². The fourth-order valence-electron chi connectivity index (χ4n) is 1.57. The van der Waals surface area contributed by atoms with E-state index in [4.69, 9.17) is 9.05 Å². The van der Waals surface area contributed by atoms with Gasteiger partial charge in [-0.25, -0.2) is 9.56 Å². The molecule has 108 valence electrons. The Bertz CT molecular complexity index is 626. The minimum absolute atomic E-state index is 0.447. The van der Waals surface area contributed by atoms with E-state index in [1.165, 1.54) is 0 Å². The first-order valence-electron chi connectivity index (χ1n) is 6.30. The molecule has 0 fully saturated rings. The van der Waals surface area contributed by atoms with Crippen molar-refractivity contribution < 1.29 is 13.6 Å². The largest absolute Gasteiger partial charge is 0.455 e. The first kappa shape index (κ1) is 15.5. The predicted octanol–water partition coefficient (Wildman–Crippen LogP) is 4.79. The molecule has 1 atom stereocenters. The Kier molecular flexibility index (Phi) is 5.29. The number of hydrogen-bond donors (Lipinski definition) is 0. The summed E-state index contributed by atoms with van der Waals surface area (Å²) in [5, 5.41) is 2.22. The summed E-state index contributed by atoms with van der Waals surface area (Å²) in [6.07, 6.45) is 0. The van der Waals surface area contributed by atoms with Crippen LogP contribution in [0.25, 0.3) is 0 Å². The van der Waals surface area contributed by atoms with Gasteiger partial charge in [-0.2, -0.15) is 0 Å². The number of para-hydroxylation sites is 2. The van der Waals surface area contributed by atoms with Crippen molar-refractivity contribution in [2.75, 3.05) is 0 Å². The Hall–Kier alpha value is -1.93. The number of thiocarbonyl (C=S) groups is 1. The molecule has 0 N–H and O–H groups in total. The molecule has 0 aromatic heterocycles. The number of nitrogens with zero attached hydrogens (tertiary/aromatic N) is 1. The van der Waals surface area contributed by atoms with Gasteiger partial charge in [0.05, 0.1) is 5.16 Å². The van der Waals surface area contributed by atoms with Crippen molar-refractivity contribution in [3.63, 3.8) is 0 Å². The van der Waals surface area contributed by atoms with Gasteiger partial charge in [-0.3, -0.25) is 0 Å². The van der Waals surface area contributed by atoms with Crippen LogP contribution < -0.4 is 9.05 Å². The average Bonchev–Trinajstić information content (AvgIpc) is 2.49. The maximum absolute atomic E-state index is 13.0. The Balaban J connectivity index is 2.30. The maximum atomic E-state index is 13.0. The van der Waals surface area contributed by atoms with E-state index in [1.807, 2.05) is 12.1 Å². The molecule has 21 heavy (non-hydrogen) atoms. The molecule has 6 heteroatoms. The van der Waals surface area contributed by atoms with Crippen molar-refractivity contribution in [3.8, 4) is 11.5 Å². The zero-order chi connectivity index (χ0) is 15.1. The number of isothiocyanates is 1. The van der Waals surface area contributed by atoms with E-state index in [0.29, 0.717) is 11.5 Å². The van der Waals surface area contributed by atoms with Crippen molar-refractivity contribution in [2.45, 2.75) is 12.7 Å². The fraction of sp³-hybridized carbons (Fsp3) is 0.133. The van der Waals surface area contributed by atoms with Crippen LogP contribution in [0, 0.1) is 0 Å². The molecule has 0 amide bonds. The standard InChI is InChI=1S/C15H14NO3PS/c1-13(16-12-21)20(17,18-14-8-4-2-5-9-14)19-15-10-6-3-7-11-15/h2-11,13H,1H3. The molecule has 0 spiro atoms. The van der Waals surface area contributed by atoms with Gasteiger partial charge in [-0.15, -0.1) is 0 Å². The third kappa shape index (κ3) is 4.27. The third-order valence-corrected chi connectivity index (χ3v) is 4.72. The van der Waals surface area contributed by atoms with Crippen LogP contribution in [0.2, 0.25) is 0 Å². The molecule has 0 aliphatic heterocycles. The molecule has 0 saturated carbocycles. The van der Waals surface area contributed by atoms with Crippen LogP contribution in [-0.4, -0.2) is 10.9 Å². The smallest absolute Gasteiger partial charge is 0.415 e. The molecule has 0 heterocycles. The van der Waals surface area contributed by atoms with E-state index >= 15 is 0 Å². The monoisotopic (exact) mass is 319 g/mol. The van der Waals surface area contributed by atoms with E-state index < -0.39 is 13.4 Å². The lowest BCUT2D eigenvalue weighted by atomic mass is 10.3. The summed E-state index contributed by atoms with van der Waals surface area (Å²) in [6, 6.07) is 17.6. The third-order valence-electron chi connectivity index (χ3n) is 2.65. The summed E-state index contributed by atoms with van der Waals surface area (Å²) in [5.41, 5.74) is 0. The van der Waals surface area contributed by atoms with Crippen molar-refractivity contribution in [1.29, 1.82) is 0 Å². The Labute approximate surface area is 129 Å². The van der Waals surface area contributed by atoms with Crippen molar-refractivity contribution in [2.24, 2.45) is 4.99 Å². The zero-order valence-corrected chi connectivity index (χ0v) is 13.1. The average molecular weight is 319 g/mol. The maximum Gasteiger partial charge on any atom is 0.455 e. The first-order chi connectivity index (χ1) is 10.1. The van der Waals surface area contributed by atoms with E-state index in [9.17, 15) is 4.57 Å². The minimum Gasteiger partial charge on any atom is -0.415 e. The van der Waals surface area contributed by atoms with Gasteiger partial charge in [-0.05, 0) is 43.4 Å². The van der Waals surface area contributed by atoms with Gasteiger partial charge in [0.15, 0.2) is 5.78 Å². The molecule has 2 aromatic carbocycles. The van der Waals surface area contributed by atoms with Gasteiger partial charge in [0.2, 0.25) is 0 Å². The van der Waals surface area contributed by atoms with Crippen molar-refractivity contribution >= 4 is 25.0 Å². The first-order valence-corrected chi connectivity index (χ1v) is 8.32. The van der Waals surface area contributed by atoms with Gasteiger partial charge in [-0.1, -0.05) is 36.4 Å². The molecule has 0 bridgehead atoms. The Morgan fingerprint density at radius 2 is 1.43 bits per heavy atom. The second kappa shape index (κ2) is 7.19. The summed E-state index contributed by atoms with van der Waals surface area (Å²) in [4.78, 5) is 3.84. The lowest BCUT2D eigenvalue weighted by Gasteiger charge is -2.22. The molecular weight excluding hydrogens is 305 g/mol. The van der Waals surface area contributed by atoms with Gasteiger partial charge in [0.1, 0.15) is 11.5 Å². The summed E-state index contributed by atoms with van der Waals surface area (Å²) in [5.74, 6) is 0.141. The van der Waals surface area contributed by atoms with Crippen LogP contribution in [-0.2, 0) is 4.57 Å². The number of hydrogen-bond acceptors (Lipinski definition) is 5. The molecule has 0 aliphatic carbocycles. The summed E-state index contributed by atoms with van der Waals surface area (Å²) >= 11 is 4.58. The highest BCUT2D eigenvalue weighted by Crippen LogP contribution is 2.53. The number of aliphatic imine (C=N–C) groups is 1. The van der Waals surface area contributed by atoms with Gasteiger partial charge in [0, 0.05) is 0 Å². The molecular formula is C15H14NO3PS. The predicted molar refractivity (Wildman–Crippen MR) is 86.2 cm³/mol. The molecule has 0 saturated heterocycles. The van der Waals surface area contributed by atoms with E-state index in [0.717, 1.165) is 0 Å². The molecule has 2 aromatic rings. The molecule has 0 radical (unpaired) electrons. The second-order valence-corrected chi connectivity index (χ2v) is 6.58. The van der Waals surface area contributed by atoms with Crippen LogP contribution in [0.3, 0.4) is 0 Å². The van der Waals surface area contributed by atoms with Gasteiger partial charge < -0.3 is 9.05 Å². The SMILES string of the molecule is CC(N=C=S)P(=O)(Oc1ccccc1)Oc1ccccc1. The summed E-state index contributed by atoms with van der Waals surface area (Å²) in [7, 11) is -3.57. The molecule has 2 rings (SSSR count). The van der Waals surface area contributed by atoms with Crippen LogP contribution in [0.4, 0.5) is 0 Å². The van der Waals surface area contributed by atoms with Crippen LogP contribution >= 0.6 is 19.8 Å². The quantitative estimate of drug-likeness (QED) is 0.436. The minimum atomic E-state index is -3.57. The Morgan fingerprint density at radius 3 is 1.81 bits per heavy atom. The van der Waals surface area contributed by atoms with Crippen molar-refractivity contribution in [3.05, 3.63) is 60.7 Å². The lowest BCUT2D eigenvalue weighted by Crippen LogP contribution is -2.11. The van der Waals surface area contributed by atoms with Crippen LogP contribution in [0.5, 0.6) is 11.5 Å². The van der Waals surface area contributed by atoms with Gasteiger partial charge in [0.25, 0.3) is 0 Å². The van der Waals surface area contributed by atoms with E-state index in [2.05, 4.69) is 22.4 Å². The van der Waals surface area contributed by atoms with E-state index in [1.54, 1.807) is 55.5 Å². The second-order valence-electron chi connectivity index (χ2n) is 4.20. The normalized spacial score (nSPS) is 12.0. The highest BCUT2D eigenvalue weighted by atomic mass is 32.1. The summed E-state index contributed by atoms with van der Waals surface area (Å²) in [6.45, 7) is 1.62. The highest BCUT2D eigenvalue weighted by molar-refractivity contribution is 7.78. The topological polar surface area (TPSA) is 47.9 Å². The number of rotatable bonds is 6. The van der Waals surface area contributed by atoms with Crippen LogP contribution in [0.15, 0.2) is 65.7 Å². The summed E-state index contributed by atoms with van der Waals surface area (Å²) < 4.78 is 24.2. The lowest BCUT2D eigenvalue weighted by molar-refractivity contribution is 0.375. The number of benzene rings is 2. The van der Waals surface area contributed by atoms with Crippen molar-refractivity contribution in [1.82, 2.24) is 0 Å². The zero-order valence-electron chi connectivity index (χ0n) is 11.4. The fourth-order valence-corrected chi connectivity index (χ4v) is 3.18. The molecule has 4 nitrogen and oxygen atoms in total. The highest BCUT2D eigenvalue weighted by Gasteiger charge is 2.36. The molecule has 0 aliphatic rings.